The topological polar surface area (TPSA) is 19.9 Å². The van der Waals surface area contributed by atoms with Crippen molar-refractivity contribution in [3.05, 3.63) is 0 Å². The van der Waals surface area contributed by atoms with Crippen LogP contribution in [0, 0.1) is 5.41 Å². The highest BCUT2D eigenvalue weighted by Gasteiger charge is 2.06. The first kappa shape index (κ1) is 10.9. The fraction of sp³-hybridized carbons (Fsp3) is 1.00. The maximum atomic E-state index is 9.95. The lowest BCUT2D eigenvalue weighted by Crippen LogP contribution is -2.08. The van der Waals surface area contributed by atoms with Crippen molar-refractivity contribution < 1.29 is 5.11 Å². The van der Waals surface area contributed by atoms with Crippen molar-refractivity contribution in [1.82, 2.24) is 0 Å². The van der Waals surface area contributed by atoms with E-state index in [1.807, 2.05) is 34.6 Å². The van der Waals surface area contributed by atoms with Crippen LogP contribution in [0.15, 0.2) is 0 Å². The van der Waals surface area contributed by atoms with Gasteiger partial charge in [-0.05, 0) is 5.41 Å². The minimum Gasteiger partial charge on any atom is -0.236 e. The van der Waals surface area contributed by atoms with Gasteiger partial charge in [0.1, 0.15) is 0 Å². The summed E-state index contributed by atoms with van der Waals surface area (Å²) < 4.78 is 0. The lowest BCUT2D eigenvalue weighted by Gasteiger charge is -2.09. The number of hydrogen-bond donors (Lipinski definition) is 0. The van der Waals surface area contributed by atoms with Crippen molar-refractivity contribution in [3.8, 4) is 0 Å². The van der Waals surface area contributed by atoms with Crippen LogP contribution in [-0.4, -0.2) is 6.61 Å². The summed E-state index contributed by atoms with van der Waals surface area (Å²) in [6.07, 6.45) is 0. The molecule has 0 aliphatic rings. The first-order valence-corrected chi connectivity index (χ1v) is 3.14. The monoisotopic (exact) mass is 117 g/mol. The van der Waals surface area contributed by atoms with Gasteiger partial charge in [-0.15, -0.1) is 0 Å². The predicted octanol–water partition coefficient (Wildman–Crippen LogP) is 2.49. The summed E-state index contributed by atoms with van der Waals surface area (Å²) in [4.78, 5) is 0. The molecule has 0 fully saturated rings. The highest BCUT2D eigenvalue weighted by Crippen LogP contribution is 2.09. The maximum absolute atomic E-state index is 9.95. The van der Waals surface area contributed by atoms with E-state index in [-0.39, 0.29) is 12.0 Å². The average molecular weight is 117 g/mol. The van der Waals surface area contributed by atoms with Gasteiger partial charge >= 0.3 is 0 Å². The minimum atomic E-state index is -0.0139. The summed E-state index contributed by atoms with van der Waals surface area (Å²) in [5.41, 5.74) is -0.0139. The van der Waals surface area contributed by atoms with Gasteiger partial charge in [0.25, 0.3) is 0 Å². The van der Waals surface area contributed by atoms with E-state index in [1.54, 1.807) is 0 Å². The highest BCUT2D eigenvalue weighted by atomic mass is 16.3. The third-order valence-electron chi connectivity index (χ3n) is 0.433. The molecule has 0 spiro atoms. The van der Waals surface area contributed by atoms with Gasteiger partial charge in [0.15, 0.2) is 0 Å². The SMILES string of the molecule is CC.CC(C)(C)C[O]. The van der Waals surface area contributed by atoms with E-state index in [0.717, 1.165) is 0 Å². The average Bonchev–Trinajstić information content (AvgIpc) is 1.71. The summed E-state index contributed by atoms with van der Waals surface area (Å²) in [7, 11) is 0. The van der Waals surface area contributed by atoms with Crippen LogP contribution in [0.4, 0.5) is 0 Å². The Morgan fingerprint density at radius 2 is 1.25 bits per heavy atom. The van der Waals surface area contributed by atoms with Crippen molar-refractivity contribution in [2.45, 2.75) is 34.6 Å². The molecule has 0 atom stereocenters. The van der Waals surface area contributed by atoms with Crippen molar-refractivity contribution in [1.29, 1.82) is 0 Å². The van der Waals surface area contributed by atoms with Gasteiger partial charge in [0, 0.05) is 0 Å². The second-order valence-corrected chi connectivity index (χ2v) is 2.70. The molecular formula is C7H17O. The molecule has 1 radical (unpaired) electrons. The molecule has 0 aliphatic carbocycles. The van der Waals surface area contributed by atoms with Gasteiger partial charge < -0.3 is 0 Å². The van der Waals surface area contributed by atoms with Gasteiger partial charge in [-0.2, -0.15) is 0 Å². The Labute approximate surface area is 52.7 Å². The van der Waals surface area contributed by atoms with E-state index in [9.17, 15) is 5.11 Å². The summed E-state index contributed by atoms with van der Waals surface area (Å²) >= 11 is 0. The van der Waals surface area contributed by atoms with Gasteiger partial charge in [-0.1, -0.05) is 34.6 Å². The maximum Gasteiger partial charge on any atom is 0.0870 e. The molecule has 0 aromatic heterocycles. The summed E-state index contributed by atoms with van der Waals surface area (Å²) in [6, 6.07) is 0. The molecule has 0 saturated heterocycles. The fourth-order valence-electron chi connectivity index (χ4n) is 0. The van der Waals surface area contributed by atoms with E-state index in [0.29, 0.717) is 0 Å². The van der Waals surface area contributed by atoms with Gasteiger partial charge in [0.05, 0.1) is 6.61 Å². The smallest absolute Gasteiger partial charge is 0.0870 e. The third kappa shape index (κ3) is 16.7. The lowest BCUT2D eigenvalue weighted by molar-refractivity contribution is 0.105. The van der Waals surface area contributed by atoms with Crippen LogP contribution in [0.5, 0.6) is 0 Å². The van der Waals surface area contributed by atoms with E-state index in [4.69, 9.17) is 0 Å². The normalized spacial score (nSPS) is 9.75. The van der Waals surface area contributed by atoms with Crippen LogP contribution < -0.4 is 0 Å². The zero-order valence-corrected chi connectivity index (χ0v) is 6.62. The van der Waals surface area contributed by atoms with Crippen molar-refractivity contribution >= 4 is 0 Å². The van der Waals surface area contributed by atoms with E-state index >= 15 is 0 Å². The molecule has 0 aromatic carbocycles. The Morgan fingerprint density at radius 1 is 1.12 bits per heavy atom. The Kier molecular flexibility index (Phi) is 6.93. The molecule has 1 heteroatoms. The van der Waals surface area contributed by atoms with Crippen LogP contribution in [0.2, 0.25) is 0 Å². The molecule has 0 aliphatic heterocycles. The zero-order valence-electron chi connectivity index (χ0n) is 6.62. The standard InChI is InChI=1S/C5H11O.C2H6/c1-5(2,3)4-6;1-2/h4H2,1-3H3;1-2H3. The van der Waals surface area contributed by atoms with Gasteiger partial charge in [-0.3, -0.25) is 0 Å². The van der Waals surface area contributed by atoms with Crippen molar-refractivity contribution in [2.75, 3.05) is 6.61 Å². The molecule has 0 unspecified atom stereocenters. The van der Waals surface area contributed by atoms with E-state index in [1.165, 1.54) is 0 Å². The van der Waals surface area contributed by atoms with Crippen molar-refractivity contribution in [2.24, 2.45) is 5.41 Å². The molecule has 0 saturated carbocycles. The molecule has 0 N–H and O–H groups in total. The molecule has 0 aromatic rings. The highest BCUT2D eigenvalue weighted by molar-refractivity contribution is 4.55. The molecule has 0 rings (SSSR count). The van der Waals surface area contributed by atoms with E-state index in [2.05, 4.69) is 0 Å². The first-order valence-electron chi connectivity index (χ1n) is 3.14. The minimum absolute atomic E-state index is 0.0139. The summed E-state index contributed by atoms with van der Waals surface area (Å²) in [6.45, 7) is 9.81. The number of rotatable bonds is 0. The quantitative estimate of drug-likeness (QED) is 0.464. The van der Waals surface area contributed by atoms with Gasteiger partial charge in [0.2, 0.25) is 0 Å². The van der Waals surface area contributed by atoms with Crippen molar-refractivity contribution in [3.63, 3.8) is 0 Å². The Balaban J connectivity index is 0. The van der Waals surface area contributed by atoms with Crippen LogP contribution in [0.25, 0.3) is 0 Å². The molecular weight excluding hydrogens is 100 g/mol. The second kappa shape index (κ2) is 5.10. The zero-order chi connectivity index (χ0) is 7.21. The number of hydrogen-bond acceptors (Lipinski definition) is 0. The Hall–Kier alpha value is -0.0400. The third-order valence-corrected chi connectivity index (χ3v) is 0.433. The summed E-state index contributed by atoms with van der Waals surface area (Å²) in [5, 5.41) is 9.95. The molecule has 0 bridgehead atoms. The molecule has 0 heterocycles. The lowest BCUT2D eigenvalue weighted by atomic mass is 9.99. The molecule has 1 nitrogen and oxygen atoms in total. The Bertz CT molecular complexity index is 34.1. The van der Waals surface area contributed by atoms with Crippen LogP contribution in [-0.2, 0) is 5.11 Å². The Morgan fingerprint density at radius 3 is 1.25 bits per heavy atom. The second-order valence-electron chi connectivity index (χ2n) is 2.70. The first-order chi connectivity index (χ1) is 3.56. The predicted molar refractivity (Wildman–Crippen MR) is 36.4 cm³/mol. The van der Waals surface area contributed by atoms with Crippen LogP contribution in [0.1, 0.15) is 34.6 Å². The van der Waals surface area contributed by atoms with Gasteiger partial charge in [-0.25, -0.2) is 5.11 Å². The molecule has 0 amide bonds. The molecule has 8 heavy (non-hydrogen) atoms. The van der Waals surface area contributed by atoms with E-state index < -0.39 is 0 Å². The molecule has 51 valence electrons. The largest absolute Gasteiger partial charge is 0.236 e. The fourth-order valence-corrected chi connectivity index (χ4v) is 0. The van der Waals surface area contributed by atoms with Crippen LogP contribution >= 0.6 is 0 Å². The van der Waals surface area contributed by atoms with Crippen LogP contribution in [0.3, 0.4) is 0 Å². The summed E-state index contributed by atoms with van der Waals surface area (Å²) in [5.74, 6) is 0.